The molecule has 7 heteroatoms. The number of hydrogen-bond acceptors (Lipinski definition) is 5. The fourth-order valence-electron chi connectivity index (χ4n) is 3.01. The Morgan fingerprint density at radius 3 is 2.78 bits per heavy atom. The molecule has 140 valence electrons. The summed E-state index contributed by atoms with van der Waals surface area (Å²) in [6.45, 7) is 1.63. The molecule has 0 aliphatic rings. The summed E-state index contributed by atoms with van der Waals surface area (Å²) < 4.78 is 19.0. The van der Waals surface area contributed by atoms with Gasteiger partial charge in [-0.15, -0.1) is 0 Å². The number of amides is 1. The van der Waals surface area contributed by atoms with Gasteiger partial charge in [-0.2, -0.15) is 0 Å². The van der Waals surface area contributed by atoms with E-state index in [9.17, 15) is 14.3 Å². The zero-order valence-electron chi connectivity index (χ0n) is 15.0. The van der Waals surface area contributed by atoms with Crippen molar-refractivity contribution >= 4 is 22.5 Å². The van der Waals surface area contributed by atoms with Crippen LogP contribution in [0.25, 0.3) is 10.9 Å². The topological polar surface area (TPSA) is 97.5 Å². The average Bonchev–Trinajstić information content (AvgIpc) is 2.67. The third kappa shape index (κ3) is 3.54. The summed E-state index contributed by atoms with van der Waals surface area (Å²) >= 11 is 0. The highest BCUT2D eigenvalue weighted by Gasteiger charge is 2.16. The predicted molar refractivity (Wildman–Crippen MR) is 101 cm³/mol. The Balaban J connectivity index is 2.06. The van der Waals surface area contributed by atoms with Crippen LogP contribution in [0.4, 0.5) is 10.1 Å². The van der Waals surface area contributed by atoms with Gasteiger partial charge in [-0.05, 0) is 30.7 Å². The Morgan fingerprint density at radius 2 is 2.15 bits per heavy atom. The quantitative estimate of drug-likeness (QED) is 0.620. The number of aromatic nitrogens is 1. The number of aliphatic hydroxyl groups excluding tert-OH is 1. The van der Waals surface area contributed by atoms with Gasteiger partial charge in [0.25, 0.3) is 5.91 Å². The van der Waals surface area contributed by atoms with Gasteiger partial charge in [0.2, 0.25) is 0 Å². The first kappa shape index (κ1) is 18.6. The standard InChI is InChI=1S/C20H20FN3O3/c1-11(12-6-7-17(27-2)16(21)8-12)24-18-13(10-25)9-23-19-14(18)4-3-5-15(19)20(22)26/h3-9,11,25H,10H2,1-2H3,(H2,22,26)(H,23,24)/t11-/m1/s1. The minimum Gasteiger partial charge on any atom is -0.494 e. The van der Waals surface area contributed by atoms with E-state index in [1.54, 1.807) is 30.3 Å². The minimum atomic E-state index is -0.582. The lowest BCUT2D eigenvalue weighted by atomic mass is 10.0. The van der Waals surface area contributed by atoms with Gasteiger partial charge in [0, 0.05) is 23.2 Å². The van der Waals surface area contributed by atoms with Crippen LogP contribution in [0, 0.1) is 5.82 Å². The molecule has 0 aliphatic carbocycles. The van der Waals surface area contributed by atoms with E-state index in [4.69, 9.17) is 10.5 Å². The number of carbonyl (C=O) groups is 1. The van der Waals surface area contributed by atoms with Gasteiger partial charge < -0.3 is 20.9 Å². The Kier molecular flexibility index (Phi) is 5.23. The van der Waals surface area contributed by atoms with E-state index in [2.05, 4.69) is 10.3 Å². The molecular weight excluding hydrogens is 349 g/mol. The van der Waals surface area contributed by atoms with Crippen LogP contribution < -0.4 is 15.8 Å². The summed E-state index contributed by atoms with van der Waals surface area (Å²) in [6.07, 6.45) is 1.50. The average molecular weight is 369 g/mol. The van der Waals surface area contributed by atoms with Crippen LogP contribution in [-0.2, 0) is 6.61 Å². The Morgan fingerprint density at radius 1 is 1.37 bits per heavy atom. The molecule has 2 aromatic carbocycles. The van der Waals surface area contributed by atoms with Crippen molar-refractivity contribution in [2.75, 3.05) is 12.4 Å². The smallest absolute Gasteiger partial charge is 0.250 e. The number of carbonyl (C=O) groups excluding carboxylic acids is 1. The van der Waals surface area contributed by atoms with E-state index < -0.39 is 11.7 Å². The molecule has 1 atom stereocenters. The zero-order chi connectivity index (χ0) is 19.6. The van der Waals surface area contributed by atoms with E-state index in [0.29, 0.717) is 33.3 Å². The number of nitrogens with zero attached hydrogens (tertiary/aromatic N) is 1. The van der Waals surface area contributed by atoms with Crippen LogP contribution in [0.5, 0.6) is 5.75 Å². The monoisotopic (exact) mass is 369 g/mol. The largest absolute Gasteiger partial charge is 0.494 e. The maximum atomic E-state index is 14.0. The summed E-state index contributed by atoms with van der Waals surface area (Å²) in [5, 5.41) is 13.6. The molecule has 0 unspecified atom stereocenters. The lowest BCUT2D eigenvalue weighted by Gasteiger charge is -2.20. The van der Waals surface area contributed by atoms with Crippen molar-refractivity contribution in [2.24, 2.45) is 5.73 Å². The Hall–Kier alpha value is -3.19. The third-order valence-electron chi connectivity index (χ3n) is 4.45. The summed E-state index contributed by atoms with van der Waals surface area (Å²) in [7, 11) is 1.41. The lowest BCUT2D eigenvalue weighted by Crippen LogP contribution is -2.14. The van der Waals surface area contributed by atoms with E-state index in [1.807, 2.05) is 6.92 Å². The number of nitrogens with one attached hydrogen (secondary N) is 1. The van der Waals surface area contributed by atoms with Gasteiger partial charge in [0.15, 0.2) is 11.6 Å². The summed E-state index contributed by atoms with van der Waals surface area (Å²) in [6, 6.07) is 9.53. The van der Waals surface area contributed by atoms with Gasteiger partial charge in [0.05, 0.1) is 30.5 Å². The number of primary amides is 1. The number of rotatable bonds is 6. The molecule has 0 radical (unpaired) electrons. The molecule has 0 saturated heterocycles. The van der Waals surface area contributed by atoms with Crippen molar-refractivity contribution < 1.29 is 19.0 Å². The molecule has 1 amide bonds. The second-order valence-corrected chi connectivity index (χ2v) is 6.14. The number of ether oxygens (including phenoxy) is 1. The molecule has 6 nitrogen and oxygen atoms in total. The highest BCUT2D eigenvalue weighted by molar-refractivity contribution is 6.08. The van der Waals surface area contributed by atoms with Crippen molar-refractivity contribution in [3.05, 3.63) is 65.1 Å². The van der Waals surface area contributed by atoms with Gasteiger partial charge in [-0.25, -0.2) is 4.39 Å². The first-order valence-electron chi connectivity index (χ1n) is 8.37. The van der Waals surface area contributed by atoms with Crippen LogP contribution in [0.3, 0.4) is 0 Å². The SMILES string of the molecule is COc1ccc([C@@H](C)Nc2c(CO)cnc3c(C(N)=O)cccc23)cc1F. The number of anilines is 1. The number of aliphatic hydroxyl groups is 1. The molecule has 3 rings (SSSR count). The van der Waals surface area contributed by atoms with Gasteiger partial charge in [-0.3, -0.25) is 9.78 Å². The molecule has 1 aromatic heterocycles. The zero-order valence-corrected chi connectivity index (χ0v) is 15.0. The van der Waals surface area contributed by atoms with Crippen LogP contribution in [-0.4, -0.2) is 23.1 Å². The number of benzene rings is 2. The first-order valence-corrected chi connectivity index (χ1v) is 8.37. The number of para-hydroxylation sites is 1. The number of nitrogens with two attached hydrogens (primary N) is 1. The molecule has 0 saturated carbocycles. The molecular formula is C20H20FN3O3. The van der Waals surface area contributed by atoms with Crippen LogP contribution in [0.1, 0.15) is 34.5 Å². The number of fused-ring (bicyclic) bond motifs is 1. The second kappa shape index (κ2) is 7.59. The van der Waals surface area contributed by atoms with Crippen molar-refractivity contribution in [1.29, 1.82) is 0 Å². The summed E-state index contributed by atoms with van der Waals surface area (Å²) in [5.41, 5.74) is 8.05. The number of hydrogen-bond donors (Lipinski definition) is 3. The minimum absolute atomic E-state index is 0.169. The molecule has 0 bridgehead atoms. The van der Waals surface area contributed by atoms with E-state index in [1.165, 1.54) is 19.4 Å². The fourth-order valence-corrected chi connectivity index (χ4v) is 3.01. The van der Waals surface area contributed by atoms with Crippen LogP contribution in [0.15, 0.2) is 42.6 Å². The van der Waals surface area contributed by atoms with Gasteiger partial charge in [-0.1, -0.05) is 18.2 Å². The molecule has 0 aliphatic heterocycles. The summed E-state index contributed by atoms with van der Waals surface area (Å²) in [5.74, 6) is -0.870. The molecule has 0 fully saturated rings. The molecule has 27 heavy (non-hydrogen) atoms. The van der Waals surface area contributed by atoms with Crippen molar-refractivity contribution in [2.45, 2.75) is 19.6 Å². The maximum Gasteiger partial charge on any atom is 0.250 e. The Labute approximate surface area is 155 Å². The maximum absolute atomic E-state index is 14.0. The number of pyridine rings is 1. The van der Waals surface area contributed by atoms with Gasteiger partial charge >= 0.3 is 0 Å². The molecule has 0 spiro atoms. The van der Waals surface area contributed by atoms with Crippen LogP contribution in [0.2, 0.25) is 0 Å². The van der Waals surface area contributed by atoms with Crippen LogP contribution >= 0.6 is 0 Å². The highest BCUT2D eigenvalue weighted by Crippen LogP contribution is 2.32. The fraction of sp³-hybridized carbons (Fsp3) is 0.200. The van der Waals surface area contributed by atoms with Crippen molar-refractivity contribution in [3.8, 4) is 5.75 Å². The van der Waals surface area contributed by atoms with E-state index in [-0.39, 0.29) is 18.4 Å². The molecule has 3 aromatic rings. The van der Waals surface area contributed by atoms with E-state index >= 15 is 0 Å². The first-order chi connectivity index (χ1) is 13.0. The van der Waals surface area contributed by atoms with Crippen molar-refractivity contribution in [3.63, 3.8) is 0 Å². The second-order valence-electron chi connectivity index (χ2n) is 6.14. The number of halogens is 1. The Bertz CT molecular complexity index is 1010. The third-order valence-corrected chi connectivity index (χ3v) is 4.45. The predicted octanol–water partition coefficient (Wildman–Crippen LogP) is 3.15. The number of methoxy groups -OCH3 is 1. The van der Waals surface area contributed by atoms with E-state index in [0.717, 1.165) is 0 Å². The lowest BCUT2D eigenvalue weighted by molar-refractivity contribution is 0.100. The highest BCUT2D eigenvalue weighted by atomic mass is 19.1. The molecule has 4 N–H and O–H groups in total. The molecule has 1 heterocycles. The normalized spacial score (nSPS) is 12.0. The summed E-state index contributed by atoms with van der Waals surface area (Å²) in [4.78, 5) is 16.0. The van der Waals surface area contributed by atoms with Gasteiger partial charge in [0.1, 0.15) is 0 Å². The van der Waals surface area contributed by atoms with Crippen molar-refractivity contribution in [1.82, 2.24) is 4.98 Å².